The van der Waals surface area contributed by atoms with E-state index in [9.17, 15) is 4.39 Å². The molecule has 0 bridgehead atoms. The summed E-state index contributed by atoms with van der Waals surface area (Å²) >= 11 is 0. The van der Waals surface area contributed by atoms with E-state index in [1.165, 1.54) is 6.07 Å². The Hall–Kier alpha value is -1.29. The molecule has 1 fully saturated rings. The van der Waals surface area contributed by atoms with Crippen LogP contribution in [0.3, 0.4) is 0 Å². The number of hydrogen-bond donors (Lipinski definition) is 1. The van der Waals surface area contributed by atoms with Gasteiger partial charge in [0, 0.05) is 18.4 Å². The molecule has 94 valence electrons. The highest BCUT2D eigenvalue weighted by atomic mass is 19.1. The third-order valence-corrected chi connectivity index (χ3v) is 3.02. The van der Waals surface area contributed by atoms with Crippen molar-refractivity contribution in [3.63, 3.8) is 0 Å². The molecular weight excluding hydrogens is 221 g/mol. The minimum absolute atomic E-state index is 0.0843. The van der Waals surface area contributed by atoms with Crippen molar-refractivity contribution in [2.45, 2.75) is 32.3 Å². The molecule has 0 aromatic heterocycles. The standard InChI is InChI=1S/C13H18FNO2/c1-9-6-13(11(14)7-12(9)15)17-8-10-4-2-3-5-16-10/h6-7,10H,2-5,8,15H2,1H3. The summed E-state index contributed by atoms with van der Waals surface area (Å²) in [6.45, 7) is 3.01. The Kier molecular flexibility index (Phi) is 3.84. The Morgan fingerprint density at radius 3 is 3.00 bits per heavy atom. The maximum Gasteiger partial charge on any atom is 0.167 e. The van der Waals surface area contributed by atoms with Crippen molar-refractivity contribution in [3.8, 4) is 5.75 Å². The lowest BCUT2D eigenvalue weighted by Gasteiger charge is -2.22. The van der Waals surface area contributed by atoms with E-state index in [0.717, 1.165) is 31.4 Å². The quantitative estimate of drug-likeness (QED) is 0.825. The number of rotatable bonds is 3. The van der Waals surface area contributed by atoms with Gasteiger partial charge in [-0.05, 0) is 37.8 Å². The number of anilines is 1. The Morgan fingerprint density at radius 1 is 1.47 bits per heavy atom. The number of hydrogen-bond acceptors (Lipinski definition) is 3. The first-order chi connectivity index (χ1) is 8.16. The van der Waals surface area contributed by atoms with Gasteiger partial charge in [0.2, 0.25) is 0 Å². The molecule has 1 saturated heterocycles. The first-order valence-electron chi connectivity index (χ1n) is 5.97. The van der Waals surface area contributed by atoms with Crippen LogP contribution >= 0.6 is 0 Å². The van der Waals surface area contributed by atoms with Gasteiger partial charge in [0.05, 0.1) is 6.10 Å². The fraction of sp³-hybridized carbons (Fsp3) is 0.538. The van der Waals surface area contributed by atoms with Crippen LogP contribution in [0.15, 0.2) is 12.1 Å². The van der Waals surface area contributed by atoms with E-state index >= 15 is 0 Å². The molecular formula is C13H18FNO2. The molecule has 17 heavy (non-hydrogen) atoms. The van der Waals surface area contributed by atoms with Gasteiger partial charge in [-0.2, -0.15) is 0 Å². The molecule has 0 aliphatic carbocycles. The topological polar surface area (TPSA) is 44.5 Å². The van der Waals surface area contributed by atoms with Crippen LogP contribution in [0.4, 0.5) is 10.1 Å². The normalized spacial score (nSPS) is 20.2. The molecule has 0 spiro atoms. The Morgan fingerprint density at radius 2 is 2.29 bits per heavy atom. The van der Waals surface area contributed by atoms with Crippen molar-refractivity contribution in [1.29, 1.82) is 0 Å². The van der Waals surface area contributed by atoms with Gasteiger partial charge in [-0.3, -0.25) is 0 Å². The lowest BCUT2D eigenvalue weighted by molar-refractivity contribution is -0.0117. The zero-order valence-corrected chi connectivity index (χ0v) is 10.0. The van der Waals surface area contributed by atoms with Crippen molar-refractivity contribution in [2.24, 2.45) is 0 Å². The molecule has 1 aromatic rings. The molecule has 1 aliphatic rings. The molecule has 1 atom stereocenters. The highest BCUT2D eigenvalue weighted by Gasteiger charge is 2.15. The van der Waals surface area contributed by atoms with Crippen molar-refractivity contribution in [1.82, 2.24) is 0 Å². The average Bonchev–Trinajstić information content (AvgIpc) is 2.33. The minimum Gasteiger partial charge on any atom is -0.488 e. The first kappa shape index (κ1) is 12.2. The Bertz CT molecular complexity index is 389. The highest BCUT2D eigenvalue weighted by Crippen LogP contribution is 2.24. The molecule has 1 aliphatic heterocycles. The fourth-order valence-corrected chi connectivity index (χ4v) is 1.90. The molecule has 3 nitrogen and oxygen atoms in total. The lowest BCUT2D eigenvalue weighted by atomic mass is 10.1. The summed E-state index contributed by atoms with van der Waals surface area (Å²) in [7, 11) is 0. The monoisotopic (exact) mass is 239 g/mol. The van der Waals surface area contributed by atoms with Crippen LogP contribution in [-0.4, -0.2) is 19.3 Å². The van der Waals surface area contributed by atoms with Crippen molar-refractivity contribution < 1.29 is 13.9 Å². The molecule has 1 heterocycles. The largest absolute Gasteiger partial charge is 0.488 e. The molecule has 2 N–H and O–H groups in total. The predicted molar refractivity (Wildman–Crippen MR) is 64.6 cm³/mol. The summed E-state index contributed by atoms with van der Waals surface area (Å²) in [5, 5.41) is 0. The second-order valence-corrected chi connectivity index (χ2v) is 4.44. The summed E-state index contributed by atoms with van der Waals surface area (Å²) in [4.78, 5) is 0. The molecule has 0 saturated carbocycles. The predicted octanol–water partition coefficient (Wildman–Crippen LogP) is 2.66. The van der Waals surface area contributed by atoms with Gasteiger partial charge in [0.25, 0.3) is 0 Å². The smallest absolute Gasteiger partial charge is 0.167 e. The van der Waals surface area contributed by atoms with E-state index in [4.69, 9.17) is 15.2 Å². The summed E-state index contributed by atoms with van der Waals surface area (Å²) in [6.07, 6.45) is 3.32. The fourth-order valence-electron chi connectivity index (χ4n) is 1.90. The molecule has 0 radical (unpaired) electrons. The number of nitrogen functional groups attached to an aromatic ring is 1. The molecule has 1 unspecified atom stereocenters. The van der Waals surface area contributed by atoms with Crippen LogP contribution < -0.4 is 10.5 Å². The zero-order chi connectivity index (χ0) is 12.3. The molecule has 0 amide bonds. The highest BCUT2D eigenvalue weighted by molar-refractivity contribution is 5.50. The molecule has 2 rings (SSSR count). The van der Waals surface area contributed by atoms with Gasteiger partial charge in [-0.1, -0.05) is 0 Å². The Balaban J connectivity index is 1.96. The van der Waals surface area contributed by atoms with Gasteiger partial charge >= 0.3 is 0 Å². The number of ether oxygens (including phenoxy) is 2. The van der Waals surface area contributed by atoms with Crippen molar-refractivity contribution in [2.75, 3.05) is 18.9 Å². The van der Waals surface area contributed by atoms with E-state index in [-0.39, 0.29) is 11.9 Å². The number of nitrogens with two attached hydrogens (primary N) is 1. The van der Waals surface area contributed by atoms with E-state index in [2.05, 4.69) is 0 Å². The molecule has 4 heteroatoms. The molecule has 1 aromatic carbocycles. The maximum absolute atomic E-state index is 13.5. The van der Waals surface area contributed by atoms with Gasteiger partial charge in [-0.15, -0.1) is 0 Å². The third kappa shape index (κ3) is 3.09. The Labute approximate surface area is 101 Å². The van der Waals surface area contributed by atoms with Crippen LogP contribution in [-0.2, 0) is 4.74 Å². The van der Waals surface area contributed by atoms with Gasteiger partial charge in [0.15, 0.2) is 11.6 Å². The second-order valence-electron chi connectivity index (χ2n) is 4.44. The number of aryl methyl sites for hydroxylation is 1. The SMILES string of the molecule is Cc1cc(OCC2CCCCO2)c(F)cc1N. The van der Waals surface area contributed by atoms with Gasteiger partial charge < -0.3 is 15.2 Å². The van der Waals surface area contributed by atoms with E-state index in [1.54, 1.807) is 6.07 Å². The summed E-state index contributed by atoms with van der Waals surface area (Å²) in [5.41, 5.74) is 6.88. The third-order valence-electron chi connectivity index (χ3n) is 3.02. The number of benzene rings is 1. The van der Waals surface area contributed by atoms with E-state index in [1.807, 2.05) is 6.92 Å². The van der Waals surface area contributed by atoms with Crippen LogP contribution in [0.2, 0.25) is 0 Å². The van der Waals surface area contributed by atoms with Crippen LogP contribution in [0.5, 0.6) is 5.75 Å². The minimum atomic E-state index is -0.413. The van der Waals surface area contributed by atoms with Crippen molar-refractivity contribution in [3.05, 3.63) is 23.5 Å². The first-order valence-corrected chi connectivity index (χ1v) is 5.97. The van der Waals surface area contributed by atoms with Crippen LogP contribution in [0.1, 0.15) is 24.8 Å². The van der Waals surface area contributed by atoms with Gasteiger partial charge in [0.1, 0.15) is 6.61 Å². The lowest BCUT2D eigenvalue weighted by Crippen LogP contribution is -2.26. The zero-order valence-electron chi connectivity index (χ0n) is 10.0. The van der Waals surface area contributed by atoms with Crippen LogP contribution in [0, 0.1) is 12.7 Å². The van der Waals surface area contributed by atoms with Crippen LogP contribution in [0.25, 0.3) is 0 Å². The summed E-state index contributed by atoms with van der Waals surface area (Å²) in [5.74, 6) is -0.158. The second kappa shape index (κ2) is 5.36. The van der Waals surface area contributed by atoms with E-state index < -0.39 is 5.82 Å². The summed E-state index contributed by atoms with van der Waals surface area (Å²) < 4.78 is 24.5. The maximum atomic E-state index is 13.5. The summed E-state index contributed by atoms with van der Waals surface area (Å²) in [6, 6.07) is 2.93. The van der Waals surface area contributed by atoms with Gasteiger partial charge in [-0.25, -0.2) is 4.39 Å². The number of halogens is 1. The average molecular weight is 239 g/mol. The van der Waals surface area contributed by atoms with E-state index in [0.29, 0.717) is 12.3 Å². The van der Waals surface area contributed by atoms with Crippen molar-refractivity contribution >= 4 is 5.69 Å².